The minimum Gasteiger partial charge on any atom is -0.396 e. The summed E-state index contributed by atoms with van der Waals surface area (Å²) in [5.74, 6) is -0.557. The summed E-state index contributed by atoms with van der Waals surface area (Å²) in [5.41, 5.74) is 5.26. The second-order valence-corrected chi connectivity index (χ2v) is 12.4. The number of aliphatic hydroxyl groups is 1. The van der Waals surface area contributed by atoms with Crippen LogP contribution in [0.4, 0.5) is 4.39 Å². The molecule has 0 fully saturated rings. The van der Waals surface area contributed by atoms with Crippen molar-refractivity contribution in [2.75, 3.05) is 13.2 Å². The molecule has 8 heteroatoms. The van der Waals surface area contributed by atoms with E-state index >= 15 is 0 Å². The van der Waals surface area contributed by atoms with Gasteiger partial charge in [0.2, 0.25) is 0 Å². The number of nitrogens with one attached hydrogen (secondary N) is 1. The lowest BCUT2D eigenvalue weighted by atomic mass is 9.94. The number of aliphatic hydroxyl groups excluding tert-OH is 1. The van der Waals surface area contributed by atoms with Gasteiger partial charge in [0, 0.05) is 30.8 Å². The molecule has 196 valence electrons. The van der Waals surface area contributed by atoms with Crippen molar-refractivity contribution in [3.63, 3.8) is 0 Å². The van der Waals surface area contributed by atoms with Gasteiger partial charge in [0.15, 0.2) is 0 Å². The summed E-state index contributed by atoms with van der Waals surface area (Å²) in [6.45, 7) is 8.63. The van der Waals surface area contributed by atoms with Gasteiger partial charge in [-0.3, -0.25) is 4.79 Å². The van der Waals surface area contributed by atoms with Crippen LogP contribution in [0.2, 0.25) is 0 Å². The van der Waals surface area contributed by atoms with Gasteiger partial charge in [0.25, 0.3) is 5.91 Å². The third-order valence-electron chi connectivity index (χ3n) is 6.37. The monoisotopic (exact) mass is 523 g/mol. The molecule has 1 amide bonds. The van der Waals surface area contributed by atoms with Crippen LogP contribution in [0.1, 0.15) is 68.2 Å². The Morgan fingerprint density at radius 1 is 1.14 bits per heavy atom. The Bertz CT molecular complexity index is 1300. The lowest BCUT2D eigenvalue weighted by molar-refractivity contribution is 0.0948. The summed E-state index contributed by atoms with van der Waals surface area (Å²) in [6.07, 6.45) is 1.20. The second kappa shape index (κ2) is 11.2. The molecule has 6 nitrogen and oxygen atoms in total. The standard InChI is InChI=1S/C29H34FN3O3S/c1-5-14-31-28(35)24-17-22-18-33(37(36)29(2,3)4)25(13-15-34)26(22)27(32-24)21-8-6-7-20(16-21)19-9-11-23(30)12-10-19/h6-12,16-17,25,34H,5,13-15,18H2,1-4H3,(H,31,35)/t25-,37-/m1/s1. The molecule has 4 rings (SSSR count). The van der Waals surface area contributed by atoms with E-state index in [1.54, 1.807) is 18.2 Å². The molecule has 2 N–H and O–H groups in total. The highest BCUT2D eigenvalue weighted by Crippen LogP contribution is 2.44. The van der Waals surface area contributed by atoms with Gasteiger partial charge in [-0.15, -0.1) is 0 Å². The molecule has 0 saturated carbocycles. The highest BCUT2D eigenvalue weighted by atomic mass is 32.2. The first-order valence-electron chi connectivity index (χ1n) is 12.6. The summed E-state index contributed by atoms with van der Waals surface area (Å²) in [7, 11) is -1.34. The van der Waals surface area contributed by atoms with Gasteiger partial charge < -0.3 is 10.4 Å². The topological polar surface area (TPSA) is 82.5 Å². The van der Waals surface area contributed by atoms with Crippen molar-refractivity contribution in [2.45, 2.75) is 57.9 Å². The van der Waals surface area contributed by atoms with Gasteiger partial charge in [0.05, 0.1) is 16.5 Å². The zero-order valence-electron chi connectivity index (χ0n) is 21.8. The molecular formula is C29H34FN3O3S. The number of fused-ring (bicyclic) bond motifs is 1. The molecule has 3 aromatic rings. The van der Waals surface area contributed by atoms with Gasteiger partial charge in [-0.25, -0.2) is 17.9 Å². The largest absolute Gasteiger partial charge is 0.396 e. The van der Waals surface area contributed by atoms with E-state index < -0.39 is 15.7 Å². The molecule has 2 atom stereocenters. The number of halogens is 1. The third-order valence-corrected chi connectivity index (χ3v) is 8.23. The number of hydrogen-bond acceptors (Lipinski definition) is 4. The molecule has 0 spiro atoms. The smallest absolute Gasteiger partial charge is 0.269 e. The first-order chi connectivity index (χ1) is 17.6. The summed E-state index contributed by atoms with van der Waals surface area (Å²) in [5, 5.41) is 12.8. The van der Waals surface area contributed by atoms with E-state index in [4.69, 9.17) is 4.98 Å². The molecule has 1 aliphatic rings. The van der Waals surface area contributed by atoms with E-state index in [1.165, 1.54) is 12.1 Å². The van der Waals surface area contributed by atoms with Gasteiger partial charge in [-0.05, 0) is 74.6 Å². The van der Waals surface area contributed by atoms with Gasteiger partial charge in [0.1, 0.15) is 22.5 Å². The summed E-state index contributed by atoms with van der Waals surface area (Å²) in [4.78, 5) is 17.8. The quantitative estimate of drug-likeness (QED) is 0.414. The Balaban J connectivity index is 1.88. The van der Waals surface area contributed by atoms with E-state index in [2.05, 4.69) is 5.32 Å². The number of amides is 1. The van der Waals surface area contributed by atoms with Crippen molar-refractivity contribution in [2.24, 2.45) is 0 Å². The van der Waals surface area contributed by atoms with Crippen LogP contribution in [0, 0.1) is 5.82 Å². The maximum atomic E-state index is 13.5. The molecule has 2 heterocycles. The summed E-state index contributed by atoms with van der Waals surface area (Å²) < 4.78 is 28.4. The highest BCUT2D eigenvalue weighted by Gasteiger charge is 2.40. The Labute approximate surface area is 220 Å². The molecule has 1 aromatic heterocycles. The van der Waals surface area contributed by atoms with Crippen LogP contribution in [0.15, 0.2) is 54.6 Å². The maximum absolute atomic E-state index is 13.5. The average Bonchev–Trinajstić information content (AvgIpc) is 3.24. The molecule has 37 heavy (non-hydrogen) atoms. The molecule has 0 radical (unpaired) electrons. The van der Waals surface area contributed by atoms with Crippen molar-refractivity contribution in [1.29, 1.82) is 0 Å². The van der Waals surface area contributed by atoms with Crippen molar-refractivity contribution in [3.8, 4) is 22.4 Å². The number of hydrogen-bond donors (Lipinski definition) is 2. The molecule has 1 aliphatic heterocycles. The molecular weight excluding hydrogens is 489 g/mol. The van der Waals surface area contributed by atoms with Crippen LogP contribution in [-0.2, 0) is 17.5 Å². The number of aromatic nitrogens is 1. The second-order valence-electron chi connectivity index (χ2n) is 10.2. The predicted molar refractivity (Wildman–Crippen MR) is 146 cm³/mol. The molecule has 0 unspecified atom stereocenters. The minimum atomic E-state index is -1.34. The predicted octanol–water partition coefficient (Wildman–Crippen LogP) is 5.40. The molecule has 2 aromatic carbocycles. The number of benzene rings is 2. The normalized spacial score (nSPS) is 16.4. The molecule has 0 bridgehead atoms. The van der Waals surface area contributed by atoms with E-state index in [-0.39, 0.29) is 24.4 Å². The SMILES string of the molecule is CCCNC(=O)c1cc2c(c(-c3cccc(-c4ccc(F)cc4)c3)n1)[C@@H](CCO)N([S@](=O)C(C)(C)C)C2. The zero-order valence-corrected chi connectivity index (χ0v) is 22.6. The van der Waals surface area contributed by atoms with Gasteiger partial charge >= 0.3 is 0 Å². The van der Waals surface area contributed by atoms with Crippen LogP contribution < -0.4 is 5.32 Å². The molecule has 0 aliphatic carbocycles. The fraction of sp³-hybridized carbons (Fsp3) is 0.379. The molecule has 0 saturated heterocycles. The van der Waals surface area contributed by atoms with Crippen LogP contribution in [0.25, 0.3) is 22.4 Å². The van der Waals surface area contributed by atoms with E-state index in [9.17, 15) is 18.5 Å². The first-order valence-corrected chi connectivity index (χ1v) is 13.7. The van der Waals surface area contributed by atoms with Gasteiger partial charge in [-0.1, -0.05) is 37.3 Å². The van der Waals surface area contributed by atoms with Crippen molar-refractivity contribution >= 4 is 16.9 Å². The average molecular weight is 524 g/mol. The van der Waals surface area contributed by atoms with Crippen LogP contribution in [-0.4, -0.2) is 42.4 Å². The summed E-state index contributed by atoms with van der Waals surface area (Å²) >= 11 is 0. The Kier molecular flexibility index (Phi) is 8.21. The van der Waals surface area contributed by atoms with Crippen molar-refractivity contribution in [1.82, 2.24) is 14.6 Å². The van der Waals surface area contributed by atoms with Crippen molar-refractivity contribution in [3.05, 3.63) is 77.2 Å². The highest BCUT2D eigenvalue weighted by molar-refractivity contribution is 7.84. The van der Waals surface area contributed by atoms with Crippen LogP contribution in [0.5, 0.6) is 0 Å². The Morgan fingerprint density at radius 3 is 2.49 bits per heavy atom. The lowest BCUT2D eigenvalue weighted by Crippen LogP contribution is -2.36. The number of carbonyl (C=O) groups is 1. The minimum absolute atomic E-state index is 0.0737. The third kappa shape index (κ3) is 5.81. The lowest BCUT2D eigenvalue weighted by Gasteiger charge is -2.30. The van der Waals surface area contributed by atoms with Crippen LogP contribution >= 0.6 is 0 Å². The fourth-order valence-electron chi connectivity index (χ4n) is 4.62. The van der Waals surface area contributed by atoms with E-state index in [1.807, 2.05) is 56.3 Å². The summed E-state index contributed by atoms with van der Waals surface area (Å²) in [6, 6.07) is 15.5. The number of nitrogens with zero attached hydrogens (tertiary/aromatic N) is 2. The number of rotatable bonds is 8. The Morgan fingerprint density at radius 2 is 1.84 bits per heavy atom. The number of pyridine rings is 1. The van der Waals surface area contributed by atoms with E-state index in [0.29, 0.717) is 30.9 Å². The van der Waals surface area contributed by atoms with Gasteiger partial charge in [-0.2, -0.15) is 0 Å². The Hall–Kier alpha value is -2.94. The fourth-order valence-corrected chi connectivity index (χ4v) is 6.02. The van der Waals surface area contributed by atoms with Crippen LogP contribution in [0.3, 0.4) is 0 Å². The zero-order chi connectivity index (χ0) is 26.7. The first kappa shape index (κ1) is 27.1. The van der Waals surface area contributed by atoms with Crippen molar-refractivity contribution < 1.29 is 18.5 Å². The number of carbonyl (C=O) groups excluding carboxylic acids is 1. The van der Waals surface area contributed by atoms with E-state index in [0.717, 1.165) is 34.2 Å². The maximum Gasteiger partial charge on any atom is 0.269 e.